The summed E-state index contributed by atoms with van der Waals surface area (Å²) in [6, 6.07) is 12.3. The van der Waals surface area contributed by atoms with Crippen LogP contribution in [0.4, 0.5) is 5.69 Å². The average Bonchev–Trinajstić information content (AvgIpc) is 2.46. The van der Waals surface area contributed by atoms with Crippen LogP contribution in [-0.4, -0.2) is 22.5 Å². The Morgan fingerprint density at radius 2 is 2.05 bits per heavy atom. The van der Waals surface area contributed by atoms with Crippen molar-refractivity contribution in [2.24, 2.45) is 5.73 Å². The lowest BCUT2D eigenvalue weighted by molar-refractivity contribution is 0.102. The molecule has 0 saturated carbocycles. The third-order valence-electron chi connectivity index (χ3n) is 2.63. The number of amides is 1. The van der Waals surface area contributed by atoms with Gasteiger partial charge in [-0.25, -0.2) is 4.98 Å². The van der Waals surface area contributed by atoms with E-state index in [0.717, 1.165) is 5.69 Å². The number of hydrogen-bond acceptors (Lipinski definition) is 4. The van der Waals surface area contributed by atoms with Crippen molar-refractivity contribution in [2.75, 3.05) is 11.9 Å². The lowest BCUT2D eigenvalue weighted by atomic mass is 10.2. The summed E-state index contributed by atoms with van der Waals surface area (Å²) in [5, 5.41) is 2.77. The summed E-state index contributed by atoms with van der Waals surface area (Å²) in [7, 11) is 0. The van der Waals surface area contributed by atoms with Crippen molar-refractivity contribution in [1.29, 1.82) is 0 Å². The molecule has 0 unspecified atom stereocenters. The standard InChI is InChI=1S/C15H15N3O2S/c1-10-5-4-7-12(17-10)15(19)18-11-6-2-3-8-13(11)20-9-14(16)21/h2-8H,9H2,1H3,(H2,16,21)(H,18,19). The third kappa shape index (κ3) is 4.25. The maximum atomic E-state index is 12.2. The van der Waals surface area contributed by atoms with E-state index in [2.05, 4.69) is 10.3 Å². The van der Waals surface area contributed by atoms with Gasteiger partial charge in [0, 0.05) is 5.69 Å². The molecule has 108 valence electrons. The third-order valence-corrected chi connectivity index (χ3v) is 2.74. The zero-order valence-corrected chi connectivity index (χ0v) is 12.3. The Bertz CT molecular complexity index is 673. The van der Waals surface area contributed by atoms with Crippen LogP contribution in [0.2, 0.25) is 0 Å². The SMILES string of the molecule is Cc1cccc(C(=O)Nc2ccccc2OCC(N)=S)n1. The molecule has 3 N–H and O–H groups in total. The first-order valence-corrected chi connectivity index (χ1v) is 6.72. The van der Waals surface area contributed by atoms with Crippen LogP contribution >= 0.6 is 12.2 Å². The largest absolute Gasteiger partial charge is 0.484 e. The number of anilines is 1. The van der Waals surface area contributed by atoms with Gasteiger partial charge in [-0.2, -0.15) is 0 Å². The first-order chi connectivity index (χ1) is 10.1. The van der Waals surface area contributed by atoms with Gasteiger partial charge in [0.25, 0.3) is 5.91 Å². The van der Waals surface area contributed by atoms with Gasteiger partial charge in [0.2, 0.25) is 0 Å². The van der Waals surface area contributed by atoms with Gasteiger partial charge in [-0.3, -0.25) is 4.79 Å². The molecule has 0 radical (unpaired) electrons. The number of nitrogens with zero attached hydrogens (tertiary/aromatic N) is 1. The van der Waals surface area contributed by atoms with Crippen molar-refractivity contribution >= 4 is 28.8 Å². The normalized spacial score (nSPS) is 9.95. The molecule has 6 heteroatoms. The predicted octanol–water partition coefficient (Wildman–Crippen LogP) is 2.31. The van der Waals surface area contributed by atoms with E-state index in [9.17, 15) is 4.79 Å². The molecule has 0 spiro atoms. The number of para-hydroxylation sites is 2. The molecule has 0 bridgehead atoms. The topological polar surface area (TPSA) is 77.2 Å². The van der Waals surface area contributed by atoms with Gasteiger partial charge in [0.1, 0.15) is 23.0 Å². The average molecular weight is 301 g/mol. The molecule has 0 aliphatic rings. The zero-order valence-electron chi connectivity index (χ0n) is 11.5. The zero-order chi connectivity index (χ0) is 15.2. The molecule has 5 nitrogen and oxygen atoms in total. The molecule has 1 heterocycles. The fraction of sp³-hybridized carbons (Fsp3) is 0.133. The maximum Gasteiger partial charge on any atom is 0.274 e. The molecule has 0 aliphatic heterocycles. The second kappa shape index (κ2) is 6.81. The fourth-order valence-electron chi connectivity index (χ4n) is 1.70. The number of benzene rings is 1. The van der Waals surface area contributed by atoms with E-state index < -0.39 is 0 Å². The molecule has 1 aromatic carbocycles. The van der Waals surface area contributed by atoms with E-state index in [0.29, 0.717) is 17.1 Å². The van der Waals surface area contributed by atoms with Crippen LogP contribution in [0.5, 0.6) is 5.75 Å². The van der Waals surface area contributed by atoms with Gasteiger partial charge < -0.3 is 15.8 Å². The van der Waals surface area contributed by atoms with E-state index in [1.165, 1.54) is 0 Å². The number of ether oxygens (including phenoxy) is 1. The Balaban J connectivity index is 2.15. The highest BCUT2D eigenvalue weighted by atomic mass is 32.1. The van der Waals surface area contributed by atoms with Gasteiger partial charge in [-0.1, -0.05) is 30.4 Å². The van der Waals surface area contributed by atoms with Crippen molar-refractivity contribution < 1.29 is 9.53 Å². The van der Waals surface area contributed by atoms with E-state index in [1.807, 2.05) is 13.0 Å². The molecule has 0 saturated heterocycles. The molecular weight excluding hydrogens is 286 g/mol. The molecule has 21 heavy (non-hydrogen) atoms. The van der Waals surface area contributed by atoms with Crippen LogP contribution in [0.3, 0.4) is 0 Å². The number of carbonyl (C=O) groups excluding carboxylic acids is 1. The minimum atomic E-state index is -0.301. The Kier molecular flexibility index (Phi) is 4.84. The molecule has 2 aromatic rings. The Morgan fingerprint density at radius 3 is 2.76 bits per heavy atom. The summed E-state index contributed by atoms with van der Waals surface area (Å²) >= 11 is 4.77. The van der Waals surface area contributed by atoms with Gasteiger partial charge in [0.15, 0.2) is 0 Å². The second-order valence-corrected chi connectivity index (χ2v) is 4.89. The highest BCUT2D eigenvalue weighted by Gasteiger charge is 2.11. The highest BCUT2D eigenvalue weighted by Crippen LogP contribution is 2.24. The number of aromatic nitrogens is 1. The Morgan fingerprint density at radius 1 is 1.29 bits per heavy atom. The van der Waals surface area contributed by atoms with Crippen LogP contribution in [0.25, 0.3) is 0 Å². The molecule has 1 amide bonds. The van der Waals surface area contributed by atoms with E-state index in [1.54, 1.807) is 36.4 Å². The van der Waals surface area contributed by atoms with E-state index in [-0.39, 0.29) is 17.5 Å². The van der Waals surface area contributed by atoms with Crippen molar-refractivity contribution in [3.05, 3.63) is 53.9 Å². The second-order valence-electron chi connectivity index (χ2n) is 4.37. The number of nitrogens with one attached hydrogen (secondary N) is 1. The van der Waals surface area contributed by atoms with Crippen molar-refractivity contribution in [3.8, 4) is 5.75 Å². The highest BCUT2D eigenvalue weighted by molar-refractivity contribution is 7.80. The van der Waals surface area contributed by atoms with Crippen molar-refractivity contribution in [1.82, 2.24) is 4.98 Å². The van der Waals surface area contributed by atoms with Crippen LogP contribution in [-0.2, 0) is 0 Å². The summed E-state index contributed by atoms with van der Waals surface area (Å²) in [4.78, 5) is 16.6. The predicted molar refractivity (Wildman–Crippen MR) is 85.6 cm³/mol. The van der Waals surface area contributed by atoms with Crippen LogP contribution in [0.15, 0.2) is 42.5 Å². The summed E-state index contributed by atoms with van der Waals surface area (Å²) in [5.74, 6) is 0.205. The first kappa shape index (κ1) is 14.9. The molecule has 2 rings (SSSR count). The number of hydrogen-bond donors (Lipinski definition) is 2. The smallest absolute Gasteiger partial charge is 0.274 e. The van der Waals surface area contributed by atoms with Crippen LogP contribution in [0.1, 0.15) is 16.2 Å². The molecule has 0 fully saturated rings. The number of nitrogens with two attached hydrogens (primary N) is 1. The quantitative estimate of drug-likeness (QED) is 0.829. The number of rotatable bonds is 5. The van der Waals surface area contributed by atoms with E-state index >= 15 is 0 Å². The molecule has 0 aliphatic carbocycles. The van der Waals surface area contributed by atoms with Gasteiger partial charge in [-0.15, -0.1) is 0 Å². The maximum absolute atomic E-state index is 12.2. The summed E-state index contributed by atoms with van der Waals surface area (Å²) < 4.78 is 5.46. The van der Waals surface area contributed by atoms with Crippen molar-refractivity contribution in [2.45, 2.75) is 6.92 Å². The number of pyridine rings is 1. The van der Waals surface area contributed by atoms with Crippen LogP contribution in [0, 0.1) is 6.92 Å². The number of aryl methyl sites for hydroxylation is 1. The summed E-state index contributed by atoms with van der Waals surface area (Å²) in [6.07, 6.45) is 0. The monoisotopic (exact) mass is 301 g/mol. The fourth-order valence-corrected chi connectivity index (χ4v) is 1.76. The molecule has 0 atom stereocenters. The number of thiocarbonyl (C=S) groups is 1. The Labute approximate surface area is 128 Å². The first-order valence-electron chi connectivity index (χ1n) is 6.31. The lowest BCUT2D eigenvalue weighted by Gasteiger charge is -2.11. The van der Waals surface area contributed by atoms with Crippen LogP contribution < -0.4 is 15.8 Å². The minimum absolute atomic E-state index is 0.116. The summed E-state index contributed by atoms with van der Waals surface area (Å²) in [5.41, 5.74) is 7.08. The van der Waals surface area contributed by atoms with E-state index in [4.69, 9.17) is 22.7 Å². The van der Waals surface area contributed by atoms with Gasteiger partial charge in [-0.05, 0) is 31.2 Å². The van der Waals surface area contributed by atoms with Crippen molar-refractivity contribution in [3.63, 3.8) is 0 Å². The van der Waals surface area contributed by atoms with Gasteiger partial charge >= 0.3 is 0 Å². The Hall–Kier alpha value is -2.47. The lowest BCUT2D eigenvalue weighted by Crippen LogP contribution is -2.19. The van der Waals surface area contributed by atoms with Gasteiger partial charge in [0.05, 0.1) is 5.69 Å². The molecule has 1 aromatic heterocycles. The minimum Gasteiger partial charge on any atom is -0.484 e. The summed E-state index contributed by atoms with van der Waals surface area (Å²) in [6.45, 7) is 1.95. The molecular formula is C15H15N3O2S. The number of carbonyl (C=O) groups is 1.